The first-order chi connectivity index (χ1) is 7.57. The van der Waals surface area contributed by atoms with Crippen LogP contribution in [0.1, 0.15) is 46.5 Å². The van der Waals surface area contributed by atoms with Crippen LogP contribution in [0, 0.1) is 5.92 Å². The minimum Gasteiger partial charge on any atom is -0.349 e. The lowest BCUT2D eigenvalue weighted by molar-refractivity contribution is -0.253. The van der Waals surface area contributed by atoms with E-state index in [2.05, 4.69) is 12.2 Å². The fraction of sp³-hybridized carbons (Fsp3) is 1.00. The van der Waals surface area contributed by atoms with Gasteiger partial charge in [-0.15, -0.1) is 0 Å². The van der Waals surface area contributed by atoms with E-state index in [0.29, 0.717) is 12.1 Å². The van der Waals surface area contributed by atoms with E-state index in [1.54, 1.807) is 0 Å². The Labute approximate surface area is 98.9 Å². The zero-order chi connectivity index (χ0) is 11.6. The molecule has 1 aliphatic carbocycles. The monoisotopic (exact) mass is 227 g/mol. The second-order valence-corrected chi connectivity index (χ2v) is 5.72. The predicted octanol–water partition coefficient (Wildman–Crippen LogP) is 2.31. The fourth-order valence-electron chi connectivity index (χ4n) is 2.75. The van der Waals surface area contributed by atoms with Gasteiger partial charge < -0.3 is 14.8 Å². The summed E-state index contributed by atoms with van der Waals surface area (Å²) >= 11 is 0. The summed E-state index contributed by atoms with van der Waals surface area (Å²) < 4.78 is 11.3. The van der Waals surface area contributed by atoms with Crippen LogP contribution in [-0.4, -0.2) is 31.1 Å². The molecule has 0 bridgehead atoms. The van der Waals surface area contributed by atoms with Crippen LogP contribution in [0.4, 0.5) is 0 Å². The zero-order valence-corrected chi connectivity index (χ0v) is 10.8. The lowest BCUT2D eigenvalue weighted by Crippen LogP contribution is -2.52. The second kappa shape index (κ2) is 5.03. The van der Waals surface area contributed by atoms with E-state index in [9.17, 15) is 0 Å². The Morgan fingerprint density at radius 1 is 1.12 bits per heavy atom. The average molecular weight is 227 g/mol. The number of hydrogen-bond acceptors (Lipinski definition) is 3. The summed E-state index contributed by atoms with van der Waals surface area (Å²) in [5, 5.41) is 3.65. The maximum absolute atomic E-state index is 5.66. The molecule has 1 atom stereocenters. The van der Waals surface area contributed by atoms with Crippen LogP contribution in [0.15, 0.2) is 0 Å². The Balaban J connectivity index is 1.73. The lowest BCUT2D eigenvalue weighted by atomic mass is 9.99. The molecule has 1 saturated carbocycles. The van der Waals surface area contributed by atoms with Crippen molar-refractivity contribution >= 4 is 0 Å². The molecular weight excluding hydrogens is 202 g/mol. The van der Waals surface area contributed by atoms with Crippen molar-refractivity contribution in [2.45, 2.75) is 64.3 Å². The summed E-state index contributed by atoms with van der Waals surface area (Å²) in [6.45, 7) is 7.79. The van der Waals surface area contributed by atoms with E-state index in [1.165, 1.54) is 25.7 Å². The molecule has 0 spiro atoms. The van der Waals surface area contributed by atoms with Crippen LogP contribution in [0.2, 0.25) is 0 Å². The summed E-state index contributed by atoms with van der Waals surface area (Å²) in [5.41, 5.74) is 0. The molecule has 1 N–H and O–H groups in total. The van der Waals surface area contributed by atoms with Gasteiger partial charge in [0.15, 0.2) is 5.79 Å². The summed E-state index contributed by atoms with van der Waals surface area (Å²) in [4.78, 5) is 0. The quantitative estimate of drug-likeness (QED) is 0.802. The Morgan fingerprint density at radius 3 is 2.25 bits per heavy atom. The summed E-state index contributed by atoms with van der Waals surface area (Å²) in [7, 11) is 0. The maximum Gasteiger partial charge on any atom is 0.162 e. The van der Waals surface area contributed by atoms with Gasteiger partial charge >= 0.3 is 0 Å². The van der Waals surface area contributed by atoms with Gasteiger partial charge in [-0.2, -0.15) is 0 Å². The molecule has 0 aromatic heterocycles. The molecule has 2 fully saturated rings. The van der Waals surface area contributed by atoms with Gasteiger partial charge in [0.2, 0.25) is 0 Å². The van der Waals surface area contributed by atoms with Crippen LogP contribution in [0.3, 0.4) is 0 Å². The van der Waals surface area contributed by atoms with Gasteiger partial charge in [0.1, 0.15) is 0 Å². The van der Waals surface area contributed by atoms with E-state index in [1.807, 2.05) is 13.8 Å². The van der Waals surface area contributed by atoms with Crippen molar-refractivity contribution in [1.29, 1.82) is 0 Å². The number of ether oxygens (including phenoxy) is 2. The van der Waals surface area contributed by atoms with E-state index in [4.69, 9.17) is 9.47 Å². The van der Waals surface area contributed by atoms with E-state index in [0.717, 1.165) is 19.1 Å². The molecule has 3 nitrogen and oxygen atoms in total. The summed E-state index contributed by atoms with van der Waals surface area (Å²) in [5.74, 6) is 0.462. The average Bonchev–Trinajstić information content (AvgIpc) is 2.74. The normalized spacial score (nSPS) is 29.4. The van der Waals surface area contributed by atoms with Crippen LogP contribution in [0.25, 0.3) is 0 Å². The van der Waals surface area contributed by atoms with Crippen LogP contribution < -0.4 is 5.32 Å². The first-order valence-electron chi connectivity index (χ1n) is 6.61. The standard InChI is InChI=1S/C13H25NO2/c1-10(11-6-4-5-7-11)14-12-8-15-13(2,3)16-9-12/h10-12,14H,4-9H2,1-3H3/t10-/m0/s1. The van der Waals surface area contributed by atoms with Gasteiger partial charge in [-0.25, -0.2) is 0 Å². The molecule has 0 aromatic rings. The van der Waals surface area contributed by atoms with Crippen LogP contribution >= 0.6 is 0 Å². The highest BCUT2D eigenvalue weighted by Gasteiger charge is 2.30. The third-order valence-electron chi connectivity index (χ3n) is 3.87. The Bertz CT molecular complexity index is 214. The first kappa shape index (κ1) is 12.3. The Hall–Kier alpha value is -0.120. The van der Waals surface area contributed by atoms with Crippen molar-refractivity contribution in [2.75, 3.05) is 13.2 Å². The zero-order valence-electron chi connectivity index (χ0n) is 10.8. The minimum absolute atomic E-state index is 0.364. The molecule has 2 rings (SSSR count). The van der Waals surface area contributed by atoms with E-state index in [-0.39, 0.29) is 0 Å². The molecule has 1 aliphatic heterocycles. The third-order valence-corrected chi connectivity index (χ3v) is 3.87. The van der Waals surface area contributed by atoms with Gasteiger partial charge in [-0.05, 0) is 39.5 Å². The summed E-state index contributed by atoms with van der Waals surface area (Å²) in [6, 6.07) is 0.963. The van der Waals surface area contributed by atoms with Crippen molar-refractivity contribution < 1.29 is 9.47 Å². The van der Waals surface area contributed by atoms with E-state index >= 15 is 0 Å². The molecule has 0 radical (unpaired) electrons. The lowest BCUT2D eigenvalue weighted by Gasteiger charge is -2.37. The molecule has 0 amide bonds. The Kier molecular flexibility index (Phi) is 3.88. The topological polar surface area (TPSA) is 30.5 Å². The first-order valence-corrected chi connectivity index (χ1v) is 6.61. The Morgan fingerprint density at radius 2 is 1.69 bits per heavy atom. The van der Waals surface area contributed by atoms with Gasteiger partial charge in [-0.1, -0.05) is 12.8 Å². The molecule has 94 valence electrons. The SMILES string of the molecule is C[C@H](NC1COC(C)(C)OC1)C1CCCC1. The maximum atomic E-state index is 5.66. The largest absolute Gasteiger partial charge is 0.349 e. The third kappa shape index (κ3) is 3.19. The van der Waals surface area contributed by atoms with Crippen molar-refractivity contribution in [2.24, 2.45) is 5.92 Å². The van der Waals surface area contributed by atoms with Crippen molar-refractivity contribution in [3.05, 3.63) is 0 Å². The molecule has 0 aromatic carbocycles. The number of nitrogens with one attached hydrogen (secondary N) is 1. The minimum atomic E-state index is -0.394. The van der Waals surface area contributed by atoms with Gasteiger partial charge in [0, 0.05) is 6.04 Å². The molecule has 1 saturated heterocycles. The molecule has 1 heterocycles. The fourth-order valence-corrected chi connectivity index (χ4v) is 2.75. The van der Waals surface area contributed by atoms with Gasteiger partial charge in [-0.3, -0.25) is 0 Å². The van der Waals surface area contributed by atoms with Gasteiger partial charge in [0.05, 0.1) is 19.3 Å². The van der Waals surface area contributed by atoms with Crippen molar-refractivity contribution in [3.63, 3.8) is 0 Å². The predicted molar refractivity (Wildman–Crippen MR) is 64.3 cm³/mol. The molecule has 0 unspecified atom stereocenters. The van der Waals surface area contributed by atoms with Crippen LogP contribution in [-0.2, 0) is 9.47 Å². The molecule has 3 heteroatoms. The summed E-state index contributed by atoms with van der Waals surface area (Å²) in [6.07, 6.45) is 5.57. The molecular formula is C13H25NO2. The highest BCUT2D eigenvalue weighted by Crippen LogP contribution is 2.28. The van der Waals surface area contributed by atoms with Gasteiger partial charge in [0.25, 0.3) is 0 Å². The highest BCUT2D eigenvalue weighted by molar-refractivity contribution is 4.82. The molecule has 2 aliphatic rings. The van der Waals surface area contributed by atoms with Crippen LogP contribution in [0.5, 0.6) is 0 Å². The number of hydrogen-bond donors (Lipinski definition) is 1. The molecule has 16 heavy (non-hydrogen) atoms. The van der Waals surface area contributed by atoms with E-state index < -0.39 is 5.79 Å². The second-order valence-electron chi connectivity index (χ2n) is 5.72. The van der Waals surface area contributed by atoms with Crippen molar-refractivity contribution in [3.8, 4) is 0 Å². The number of rotatable bonds is 3. The smallest absolute Gasteiger partial charge is 0.162 e. The highest BCUT2D eigenvalue weighted by atomic mass is 16.7. The van der Waals surface area contributed by atoms with Crippen molar-refractivity contribution in [1.82, 2.24) is 5.32 Å².